The number of nitrogens with zero attached hydrogens (tertiary/aromatic N) is 2. The molecule has 0 spiro atoms. The van der Waals surface area contributed by atoms with Gasteiger partial charge in [-0.3, -0.25) is 14.5 Å². The third kappa shape index (κ3) is 3.89. The Hall–Kier alpha value is -2.21. The summed E-state index contributed by atoms with van der Waals surface area (Å²) in [5.41, 5.74) is 2.87. The number of thioether (sulfide) groups is 1. The number of hydrogen-bond acceptors (Lipinski definition) is 3. The molecule has 1 aliphatic heterocycles. The Kier molecular flexibility index (Phi) is 5.96. The van der Waals surface area contributed by atoms with Crippen molar-refractivity contribution in [2.45, 2.75) is 32.9 Å². The molecule has 4 rings (SSSR count). The van der Waals surface area contributed by atoms with Crippen molar-refractivity contribution >= 4 is 63.1 Å². The fourth-order valence-corrected chi connectivity index (χ4v) is 4.93. The zero-order chi connectivity index (χ0) is 21.4. The number of benzene rings is 2. The molecule has 1 fully saturated rings. The van der Waals surface area contributed by atoms with Gasteiger partial charge in [0, 0.05) is 45.3 Å². The zero-order valence-electron chi connectivity index (χ0n) is 16.6. The number of hydrogen-bond donors (Lipinski definition) is 0. The van der Waals surface area contributed by atoms with Gasteiger partial charge in [-0.05, 0) is 54.9 Å². The normalized spacial score (nSPS) is 16.8. The van der Waals surface area contributed by atoms with Crippen LogP contribution in [0.3, 0.4) is 0 Å². The van der Waals surface area contributed by atoms with Crippen LogP contribution in [0.5, 0.6) is 0 Å². The summed E-state index contributed by atoms with van der Waals surface area (Å²) in [6.45, 7) is 4.42. The van der Waals surface area contributed by atoms with Crippen LogP contribution in [0.2, 0.25) is 10.0 Å². The number of aromatic nitrogens is 1. The van der Waals surface area contributed by atoms with Gasteiger partial charge in [-0.2, -0.15) is 0 Å². The van der Waals surface area contributed by atoms with E-state index in [0.717, 1.165) is 40.2 Å². The molecule has 2 heterocycles. The molecule has 0 radical (unpaired) electrons. The minimum atomic E-state index is -0.225. The van der Waals surface area contributed by atoms with Gasteiger partial charge < -0.3 is 4.57 Å². The van der Waals surface area contributed by atoms with Crippen LogP contribution in [0.15, 0.2) is 53.6 Å². The van der Waals surface area contributed by atoms with E-state index in [1.165, 1.54) is 4.90 Å². The summed E-state index contributed by atoms with van der Waals surface area (Å²) in [5, 5.41) is 2.01. The Morgan fingerprint density at radius 2 is 1.90 bits per heavy atom. The Balaban J connectivity index is 1.73. The minimum absolute atomic E-state index is 0.114. The van der Waals surface area contributed by atoms with Crippen LogP contribution in [0.25, 0.3) is 17.0 Å². The molecule has 1 aliphatic rings. The Morgan fingerprint density at radius 3 is 2.63 bits per heavy atom. The first kappa shape index (κ1) is 21.0. The molecule has 0 bridgehead atoms. The maximum atomic E-state index is 12.8. The molecule has 1 saturated heterocycles. The molecule has 154 valence electrons. The molecule has 3 aromatic rings. The number of amides is 2. The Bertz CT molecular complexity index is 1190. The molecule has 0 saturated carbocycles. The molecule has 0 aliphatic carbocycles. The van der Waals surface area contributed by atoms with Crippen molar-refractivity contribution in [2.75, 3.05) is 0 Å². The number of halogens is 2. The van der Waals surface area contributed by atoms with Crippen LogP contribution in [0.1, 0.15) is 31.4 Å². The van der Waals surface area contributed by atoms with E-state index in [1.807, 2.05) is 62.5 Å². The predicted molar refractivity (Wildman–Crippen MR) is 125 cm³/mol. The lowest BCUT2D eigenvalue weighted by Gasteiger charge is -2.19. The second-order valence-corrected chi connectivity index (χ2v) is 9.11. The van der Waals surface area contributed by atoms with Crippen LogP contribution in [-0.2, 0) is 11.3 Å². The molecule has 2 amide bonds. The van der Waals surface area contributed by atoms with Crippen molar-refractivity contribution in [3.8, 4) is 0 Å². The minimum Gasteiger partial charge on any atom is -0.342 e. The second-order valence-electron chi connectivity index (χ2n) is 7.27. The van der Waals surface area contributed by atoms with Gasteiger partial charge in [-0.25, -0.2) is 0 Å². The number of carbonyl (C=O) groups excluding carboxylic acids is 2. The van der Waals surface area contributed by atoms with Gasteiger partial charge >= 0.3 is 0 Å². The van der Waals surface area contributed by atoms with E-state index >= 15 is 0 Å². The summed E-state index contributed by atoms with van der Waals surface area (Å²) in [4.78, 5) is 27.0. The highest BCUT2D eigenvalue weighted by molar-refractivity contribution is 8.18. The fourth-order valence-electron chi connectivity index (χ4n) is 3.54. The quantitative estimate of drug-likeness (QED) is 0.393. The number of imide groups is 1. The van der Waals surface area contributed by atoms with Gasteiger partial charge in [-0.1, -0.05) is 54.4 Å². The molecule has 1 aromatic heterocycles. The van der Waals surface area contributed by atoms with E-state index in [2.05, 4.69) is 4.57 Å². The molecule has 2 aromatic carbocycles. The van der Waals surface area contributed by atoms with Crippen LogP contribution in [0, 0.1) is 0 Å². The summed E-state index contributed by atoms with van der Waals surface area (Å²) < 4.78 is 2.09. The maximum absolute atomic E-state index is 12.8. The van der Waals surface area contributed by atoms with E-state index in [0.29, 0.717) is 21.5 Å². The molecule has 1 atom stereocenters. The number of carbonyl (C=O) groups is 2. The lowest BCUT2D eigenvalue weighted by Crippen LogP contribution is -2.36. The average Bonchev–Trinajstić information content (AvgIpc) is 3.21. The average molecular weight is 459 g/mol. The van der Waals surface area contributed by atoms with Crippen molar-refractivity contribution in [3.63, 3.8) is 0 Å². The molecular weight excluding hydrogens is 439 g/mol. The highest BCUT2D eigenvalue weighted by Gasteiger charge is 2.37. The topological polar surface area (TPSA) is 42.3 Å². The van der Waals surface area contributed by atoms with Gasteiger partial charge in [0.1, 0.15) is 0 Å². The van der Waals surface area contributed by atoms with Crippen molar-refractivity contribution < 1.29 is 9.59 Å². The maximum Gasteiger partial charge on any atom is 0.293 e. The first-order valence-electron chi connectivity index (χ1n) is 9.68. The van der Waals surface area contributed by atoms with E-state index in [-0.39, 0.29) is 17.2 Å². The smallest absolute Gasteiger partial charge is 0.293 e. The van der Waals surface area contributed by atoms with E-state index < -0.39 is 0 Å². The monoisotopic (exact) mass is 458 g/mol. The standard InChI is InChI=1S/C23H20Cl2N2O2S/c1-3-14(2)27-22(28)21(30-23(27)29)10-16-13-26(20-7-5-4-6-18(16)20)12-15-8-9-17(24)11-19(15)25/h4-11,13-14H,3,12H2,1-2H3/b21-10+/t14-/m0/s1. The fraction of sp³-hybridized carbons (Fsp3) is 0.217. The summed E-state index contributed by atoms with van der Waals surface area (Å²) in [7, 11) is 0. The summed E-state index contributed by atoms with van der Waals surface area (Å²) in [5.74, 6) is -0.225. The first-order valence-corrected chi connectivity index (χ1v) is 11.2. The van der Waals surface area contributed by atoms with E-state index in [9.17, 15) is 9.59 Å². The van der Waals surface area contributed by atoms with E-state index in [1.54, 1.807) is 6.07 Å². The molecular formula is C23H20Cl2N2O2S. The van der Waals surface area contributed by atoms with Gasteiger partial charge in [0.15, 0.2) is 0 Å². The number of para-hydroxylation sites is 1. The first-order chi connectivity index (χ1) is 14.4. The number of fused-ring (bicyclic) bond motifs is 1. The van der Waals surface area contributed by atoms with Gasteiger partial charge in [0.05, 0.1) is 4.91 Å². The van der Waals surface area contributed by atoms with Crippen molar-refractivity contribution in [3.05, 3.63) is 74.7 Å². The summed E-state index contributed by atoms with van der Waals surface area (Å²) in [6, 6.07) is 13.3. The summed E-state index contributed by atoms with van der Waals surface area (Å²) >= 11 is 13.4. The lowest BCUT2D eigenvalue weighted by molar-refractivity contribution is -0.124. The van der Waals surface area contributed by atoms with Gasteiger partial charge in [0.25, 0.3) is 11.1 Å². The largest absolute Gasteiger partial charge is 0.342 e. The van der Waals surface area contributed by atoms with Crippen molar-refractivity contribution in [2.24, 2.45) is 0 Å². The lowest BCUT2D eigenvalue weighted by atomic mass is 10.1. The van der Waals surface area contributed by atoms with Crippen LogP contribution in [-0.4, -0.2) is 26.7 Å². The zero-order valence-corrected chi connectivity index (χ0v) is 18.9. The van der Waals surface area contributed by atoms with Crippen LogP contribution < -0.4 is 0 Å². The molecule has 7 heteroatoms. The van der Waals surface area contributed by atoms with Gasteiger partial charge in [0.2, 0.25) is 0 Å². The Morgan fingerprint density at radius 1 is 1.13 bits per heavy atom. The van der Waals surface area contributed by atoms with Crippen molar-refractivity contribution in [1.29, 1.82) is 0 Å². The number of rotatable bonds is 5. The van der Waals surface area contributed by atoms with E-state index in [4.69, 9.17) is 23.2 Å². The predicted octanol–water partition coefficient (Wildman–Crippen LogP) is 6.83. The molecule has 0 unspecified atom stereocenters. The second kappa shape index (κ2) is 8.50. The summed E-state index contributed by atoms with van der Waals surface area (Å²) in [6.07, 6.45) is 4.54. The Labute approximate surface area is 189 Å². The van der Waals surface area contributed by atoms with Crippen LogP contribution >= 0.6 is 35.0 Å². The third-order valence-corrected chi connectivity index (χ3v) is 6.79. The van der Waals surface area contributed by atoms with Gasteiger partial charge in [-0.15, -0.1) is 0 Å². The third-order valence-electron chi connectivity index (χ3n) is 5.32. The molecule has 0 N–H and O–H groups in total. The van der Waals surface area contributed by atoms with Crippen LogP contribution in [0.4, 0.5) is 4.79 Å². The highest BCUT2D eigenvalue weighted by Crippen LogP contribution is 2.36. The molecule has 4 nitrogen and oxygen atoms in total. The molecule has 30 heavy (non-hydrogen) atoms. The van der Waals surface area contributed by atoms with Crippen molar-refractivity contribution in [1.82, 2.24) is 9.47 Å². The highest BCUT2D eigenvalue weighted by atomic mass is 35.5. The SMILES string of the molecule is CC[C@H](C)N1C(=O)S/C(=C/c2cn(Cc3ccc(Cl)cc3Cl)c3ccccc23)C1=O.